The van der Waals surface area contributed by atoms with Crippen LogP contribution >= 0.6 is 0 Å². The third-order valence-electron chi connectivity index (χ3n) is 2.92. The predicted molar refractivity (Wildman–Crippen MR) is 94.0 cm³/mol. The van der Waals surface area contributed by atoms with Crippen LogP contribution in [0.4, 0.5) is 4.79 Å². The van der Waals surface area contributed by atoms with Gasteiger partial charge >= 0.3 is 16.6 Å². The maximum Gasteiger partial charge on any atom is 0.514 e. The number of carbonyl (C=O) groups is 1. The molecule has 1 rings (SSSR count). The highest BCUT2D eigenvalue weighted by atomic mass is 32.3. The van der Waals surface area contributed by atoms with Crippen molar-refractivity contribution in [2.45, 2.75) is 37.7 Å². The van der Waals surface area contributed by atoms with Gasteiger partial charge in [0.15, 0.2) is 4.90 Å². The third-order valence-corrected chi connectivity index (χ3v) is 4.55. The normalized spacial score (nSPS) is 11.5. The van der Waals surface area contributed by atoms with Crippen molar-refractivity contribution in [2.75, 3.05) is 19.6 Å². The number of ether oxygens (including phenoxy) is 2. The molecule has 0 radical (unpaired) electrons. The molecule has 0 aliphatic heterocycles. The first kappa shape index (κ1) is 22.7. The highest BCUT2D eigenvalue weighted by Gasteiger charge is 2.22. The Balaban J connectivity index is 0.000000754. The van der Waals surface area contributed by atoms with Gasteiger partial charge in [0, 0.05) is 10.9 Å². The molecule has 0 saturated heterocycles. The largest absolute Gasteiger partial charge is 0.514 e. The zero-order chi connectivity index (χ0) is 19.0. The van der Waals surface area contributed by atoms with Crippen molar-refractivity contribution < 1.29 is 31.4 Å². The quantitative estimate of drug-likeness (QED) is 0.362. The van der Waals surface area contributed by atoms with Crippen LogP contribution in [0.3, 0.4) is 0 Å². The molecule has 0 fully saturated rings. The van der Waals surface area contributed by atoms with Gasteiger partial charge in [0.05, 0.1) is 7.11 Å². The van der Waals surface area contributed by atoms with Crippen LogP contribution in [-0.2, 0) is 30.2 Å². The van der Waals surface area contributed by atoms with Crippen LogP contribution in [0.5, 0.6) is 5.75 Å². The Labute approximate surface area is 146 Å². The smallest absolute Gasteiger partial charge is 0.428 e. The summed E-state index contributed by atoms with van der Waals surface area (Å²) in [6.45, 7) is 5.68. The first-order valence-electron chi connectivity index (χ1n) is 7.01. The third kappa shape index (κ3) is 10.5. The predicted octanol–water partition coefficient (Wildman–Crippen LogP) is 3.06. The van der Waals surface area contributed by atoms with Gasteiger partial charge in [0.1, 0.15) is 23.9 Å². The fourth-order valence-electron chi connectivity index (χ4n) is 1.19. The molecule has 0 aliphatic rings. The maximum absolute atomic E-state index is 11.6. The Kier molecular flexibility index (Phi) is 9.34. The Hall–Kier alpha value is -1.29. The fraction of sp³-hybridized carbons (Fsp3) is 0.533. The molecule has 0 spiro atoms. The highest BCUT2D eigenvalue weighted by Crippen LogP contribution is 2.19. The summed E-state index contributed by atoms with van der Waals surface area (Å²) in [6, 6.07) is 7.53. The molecular weight excluding hydrogens is 356 g/mol. The average Bonchev–Trinajstić information content (AvgIpc) is 2.47. The van der Waals surface area contributed by atoms with E-state index in [0.29, 0.717) is 5.75 Å². The van der Waals surface area contributed by atoms with Gasteiger partial charge in [-0.3, -0.25) is 8.74 Å². The van der Waals surface area contributed by atoms with Crippen LogP contribution in [0.2, 0.25) is 0 Å². The molecule has 1 N–H and O–H groups in total. The van der Waals surface area contributed by atoms with Gasteiger partial charge in [0.25, 0.3) is 0 Å². The lowest BCUT2D eigenvalue weighted by atomic mass is 10.1. The molecule has 0 aliphatic carbocycles. The molecule has 0 atom stereocenters. The van der Waals surface area contributed by atoms with Crippen LogP contribution in [0, 0.1) is 0 Å². The Morgan fingerprint density at radius 3 is 2.00 bits per heavy atom. The van der Waals surface area contributed by atoms with E-state index in [9.17, 15) is 13.2 Å². The molecule has 24 heavy (non-hydrogen) atoms. The van der Waals surface area contributed by atoms with E-state index in [-0.39, 0.29) is 10.9 Å². The number of carbonyl (C=O) groups excluding carboxylic acids is 1. The van der Waals surface area contributed by atoms with Crippen molar-refractivity contribution in [3.05, 3.63) is 24.3 Å². The Morgan fingerprint density at radius 2 is 1.67 bits per heavy atom. The highest BCUT2D eigenvalue weighted by molar-refractivity contribution is 7.95. The average molecular weight is 381 g/mol. The molecule has 1 aromatic carbocycles. The molecule has 1 aromatic rings. The van der Waals surface area contributed by atoms with Crippen molar-refractivity contribution in [2.24, 2.45) is 0 Å². The molecule has 0 unspecified atom stereocenters. The van der Waals surface area contributed by atoms with Crippen LogP contribution in [0.1, 0.15) is 27.2 Å². The van der Waals surface area contributed by atoms with Gasteiger partial charge in [-0.25, -0.2) is 4.79 Å². The molecular formula is C15H25O7S2+. The summed E-state index contributed by atoms with van der Waals surface area (Å²) in [7, 11) is -3.08. The summed E-state index contributed by atoms with van der Waals surface area (Å²) in [4.78, 5) is 12.8. The number of rotatable bonds is 5. The minimum absolute atomic E-state index is 0.211. The van der Waals surface area contributed by atoms with Gasteiger partial charge in [-0.15, -0.1) is 0 Å². The van der Waals surface area contributed by atoms with E-state index in [1.54, 1.807) is 12.1 Å². The zero-order valence-electron chi connectivity index (χ0n) is 14.7. The van der Waals surface area contributed by atoms with Crippen molar-refractivity contribution in [1.82, 2.24) is 0 Å². The lowest BCUT2D eigenvalue weighted by Gasteiger charge is -2.22. The molecule has 0 saturated carbocycles. The number of hydrogen-bond acceptors (Lipinski definition) is 6. The van der Waals surface area contributed by atoms with Crippen LogP contribution in [0.25, 0.3) is 0 Å². The van der Waals surface area contributed by atoms with E-state index >= 15 is 0 Å². The van der Waals surface area contributed by atoms with Crippen LogP contribution in [0.15, 0.2) is 29.2 Å². The lowest BCUT2D eigenvalue weighted by molar-refractivity contribution is 0.00705. The van der Waals surface area contributed by atoms with Crippen LogP contribution < -0.4 is 4.74 Å². The maximum atomic E-state index is 11.6. The van der Waals surface area contributed by atoms with E-state index in [2.05, 4.69) is 16.7 Å². The van der Waals surface area contributed by atoms with Crippen molar-refractivity contribution in [1.29, 1.82) is 0 Å². The topological polar surface area (TPSA) is 99.1 Å². The SMILES string of the molecule is CCC(C)(C)OC(=O)Oc1ccc([S+](C)C)cc1.COS(=O)(=O)O. The second kappa shape index (κ2) is 9.87. The van der Waals surface area contributed by atoms with Gasteiger partial charge in [-0.05, 0) is 44.5 Å². The van der Waals surface area contributed by atoms with Gasteiger partial charge in [-0.1, -0.05) is 6.92 Å². The molecule has 9 heteroatoms. The van der Waals surface area contributed by atoms with Gasteiger partial charge in [-0.2, -0.15) is 8.42 Å². The minimum Gasteiger partial charge on any atom is -0.428 e. The number of benzene rings is 1. The molecule has 0 amide bonds. The van der Waals surface area contributed by atoms with Gasteiger partial charge < -0.3 is 9.47 Å². The first-order valence-corrected chi connectivity index (χ1v) is 10.4. The fourth-order valence-corrected chi connectivity index (χ4v) is 1.88. The summed E-state index contributed by atoms with van der Waals surface area (Å²) < 4.78 is 40.0. The molecule has 0 bridgehead atoms. The van der Waals surface area contributed by atoms with E-state index in [0.717, 1.165) is 13.5 Å². The molecule has 0 heterocycles. The monoisotopic (exact) mass is 381 g/mol. The summed E-state index contributed by atoms with van der Waals surface area (Å²) in [5.74, 6) is 0.515. The number of hydrogen-bond donors (Lipinski definition) is 1. The summed E-state index contributed by atoms with van der Waals surface area (Å²) in [5.41, 5.74) is -0.490. The van der Waals surface area contributed by atoms with E-state index < -0.39 is 22.2 Å². The molecule has 138 valence electrons. The lowest BCUT2D eigenvalue weighted by Crippen LogP contribution is -2.28. The second-order valence-electron chi connectivity index (χ2n) is 5.45. The summed E-state index contributed by atoms with van der Waals surface area (Å²) in [5, 5.41) is 0. The van der Waals surface area contributed by atoms with E-state index in [1.807, 2.05) is 32.9 Å². The van der Waals surface area contributed by atoms with Gasteiger partial charge in [0.2, 0.25) is 0 Å². The van der Waals surface area contributed by atoms with Crippen molar-refractivity contribution in [3.8, 4) is 5.75 Å². The van der Waals surface area contributed by atoms with Crippen molar-refractivity contribution in [3.63, 3.8) is 0 Å². The van der Waals surface area contributed by atoms with Crippen molar-refractivity contribution >= 4 is 27.4 Å². The summed E-state index contributed by atoms with van der Waals surface area (Å²) >= 11 is 0. The van der Waals surface area contributed by atoms with Crippen LogP contribution in [-0.4, -0.2) is 44.3 Å². The first-order chi connectivity index (χ1) is 10.9. The minimum atomic E-state index is -4.16. The van der Waals surface area contributed by atoms with E-state index in [4.69, 9.17) is 14.0 Å². The Bertz CT molecular complexity index is 607. The molecule has 0 aromatic heterocycles. The standard InChI is InChI=1S/C14H21O3S.CH4O4S/c1-6-14(2,3)17-13(15)16-11-7-9-12(10-8-11)18(4)5;1-5-6(2,3)4/h7-10H,6H2,1-5H3;1H3,(H,2,3,4)/q+1;. The zero-order valence-corrected chi connectivity index (χ0v) is 16.4. The molecule has 7 nitrogen and oxygen atoms in total. The second-order valence-corrected chi connectivity index (χ2v) is 8.74. The van der Waals surface area contributed by atoms with E-state index in [1.165, 1.54) is 4.90 Å². The summed E-state index contributed by atoms with van der Waals surface area (Å²) in [6.07, 6.45) is 4.39. The Morgan fingerprint density at radius 1 is 1.21 bits per heavy atom.